The Bertz CT molecular complexity index is 3760. The molecule has 0 atom stereocenters. The average Bonchev–Trinajstić information content (AvgIpc) is 3.38. The molecular formula is C65H45N. The minimum atomic E-state index is 1.12. The summed E-state index contributed by atoms with van der Waals surface area (Å²) in [5, 5.41) is 12.5. The number of para-hydroxylation sites is 1. The molecule has 0 aliphatic heterocycles. The van der Waals surface area contributed by atoms with Crippen LogP contribution in [-0.2, 0) is 0 Å². The van der Waals surface area contributed by atoms with Gasteiger partial charge in [0.1, 0.15) is 0 Å². The van der Waals surface area contributed by atoms with E-state index in [1.54, 1.807) is 0 Å². The second-order valence-electron chi connectivity index (χ2n) is 17.3. The smallest absolute Gasteiger partial charge is 0.0464 e. The zero-order chi connectivity index (χ0) is 44.0. The van der Waals surface area contributed by atoms with E-state index in [0.717, 1.165) is 17.1 Å². The predicted octanol–water partition coefficient (Wildman–Crippen LogP) is 18.4. The average molecular weight is 840 g/mol. The Morgan fingerprint density at radius 1 is 0.288 bits per heavy atom. The summed E-state index contributed by atoms with van der Waals surface area (Å²) in [7, 11) is 0. The number of benzene rings is 12. The number of rotatable bonds is 8. The standard InChI is InChI=1S/C65H45N/c1-44-17-15-22-51(43-44)66(49-20-3-2-4-21-49)50-39-35-48(36-40-50)64-59-28-11-13-30-61(59)65(62-31-14-12-29-60(62)64)63-42-38-47(54-25-8-10-27-57(54)63)34-33-46-37-41-58(55-26-9-7-24-53(46)55)56-32-16-19-45-18-5-6-23-52(45)56/h2-43H,1H3/b34-33+. The van der Waals surface area contributed by atoms with Gasteiger partial charge in [-0.2, -0.15) is 0 Å². The fourth-order valence-electron chi connectivity index (χ4n) is 10.3. The summed E-state index contributed by atoms with van der Waals surface area (Å²) < 4.78 is 0. The molecule has 12 aromatic carbocycles. The highest BCUT2D eigenvalue weighted by atomic mass is 15.1. The fourth-order valence-corrected chi connectivity index (χ4v) is 10.3. The third kappa shape index (κ3) is 6.81. The van der Waals surface area contributed by atoms with Crippen molar-refractivity contribution in [1.29, 1.82) is 0 Å². The molecule has 0 saturated carbocycles. The van der Waals surface area contributed by atoms with Crippen molar-refractivity contribution in [2.45, 2.75) is 6.92 Å². The summed E-state index contributed by atoms with van der Waals surface area (Å²) in [6.45, 7) is 2.15. The molecule has 0 radical (unpaired) electrons. The molecule has 0 heterocycles. The van der Waals surface area contributed by atoms with Crippen molar-refractivity contribution in [3.8, 4) is 33.4 Å². The molecule has 310 valence electrons. The zero-order valence-corrected chi connectivity index (χ0v) is 36.7. The van der Waals surface area contributed by atoms with Crippen LogP contribution in [0.15, 0.2) is 243 Å². The molecule has 0 aromatic heterocycles. The number of fused-ring (bicyclic) bond motifs is 5. The SMILES string of the molecule is Cc1cccc(N(c2ccccc2)c2ccc(-c3c4ccccc4c(-c4ccc(/C=C/c5ccc(-c6cccc7ccccc67)c6ccccc56)c5ccccc45)c4ccccc34)cc2)c1. The Hall–Kier alpha value is -8.52. The molecule has 0 aliphatic rings. The maximum absolute atomic E-state index is 2.34. The Morgan fingerprint density at radius 2 is 0.727 bits per heavy atom. The Kier molecular flexibility index (Phi) is 9.81. The van der Waals surface area contributed by atoms with Crippen LogP contribution in [0, 0.1) is 6.92 Å². The first-order chi connectivity index (χ1) is 32.7. The predicted molar refractivity (Wildman–Crippen MR) is 285 cm³/mol. The second-order valence-corrected chi connectivity index (χ2v) is 17.3. The topological polar surface area (TPSA) is 3.24 Å². The summed E-state index contributed by atoms with van der Waals surface area (Å²) in [4.78, 5) is 2.34. The van der Waals surface area contributed by atoms with Crippen molar-refractivity contribution in [1.82, 2.24) is 0 Å². The first kappa shape index (κ1) is 39.1. The molecule has 0 spiro atoms. The van der Waals surface area contributed by atoms with E-state index in [1.165, 1.54) is 104 Å². The quantitative estimate of drug-likeness (QED) is 0.109. The lowest BCUT2D eigenvalue weighted by Crippen LogP contribution is -2.09. The maximum atomic E-state index is 2.34. The Morgan fingerprint density at radius 3 is 1.35 bits per heavy atom. The minimum Gasteiger partial charge on any atom is -0.310 e. The molecule has 0 unspecified atom stereocenters. The van der Waals surface area contributed by atoms with Crippen molar-refractivity contribution in [2.24, 2.45) is 0 Å². The highest BCUT2D eigenvalue weighted by molar-refractivity contribution is 6.24. The van der Waals surface area contributed by atoms with Crippen LogP contribution in [0.5, 0.6) is 0 Å². The van der Waals surface area contributed by atoms with Gasteiger partial charge < -0.3 is 4.90 Å². The fraction of sp³-hybridized carbons (Fsp3) is 0.0154. The molecule has 1 nitrogen and oxygen atoms in total. The van der Waals surface area contributed by atoms with E-state index in [9.17, 15) is 0 Å². The third-order valence-electron chi connectivity index (χ3n) is 13.3. The first-order valence-corrected chi connectivity index (χ1v) is 22.8. The van der Waals surface area contributed by atoms with Gasteiger partial charge in [0.15, 0.2) is 0 Å². The highest BCUT2D eigenvalue weighted by Crippen LogP contribution is 2.47. The van der Waals surface area contributed by atoms with Crippen LogP contribution in [0.4, 0.5) is 17.1 Å². The maximum Gasteiger partial charge on any atom is 0.0464 e. The molecule has 0 fully saturated rings. The van der Waals surface area contributed by atoms with E-state index < -0.39 is 0 Å². The van der Waals surface area contributed by atoms with E-state index in [0.29, 0.717) is 0 Å². The van der Waals surface area contributed by atoms with Crippen LogP contribution in [-0.4, -0.2) is 0 Å². The van der Waals surface area contributed by atoms with Crippen molar-refractivity contribution in [2.75, 3.05) is 4.90 Å². The monoisotopic (exact) mass is 839 g/mol. The summed E-state index contributed by atoms with van der Waals surface area (Å²) in [5.41, 5.74) is 14.5. The number of nitrogens with zero attached hydrogens (tertiary/aromatic N) is 1. The van der Waals surface area contributed by atoms with Crippen molar-refractivity contribution >= 4 is 83.1 Å². The molecule has 66 heavy (non-hydrogen) atoms. The lowest BCUT2D eigenvalue weighted by molar-refractivity contribution is 1.27. The second kappa shape index (κ2) is 16.6. The van der Waals surface area contributed by atoms with E-state index in [4.69, 9.17) is 0 Å². The molecular weight excluding hydrogens is 795 g/mol. The van der Waals surface area contributed by atoms with Gasteiger partial charge in [0.2, 0.25) is 0 Å². The van der Waals surface area contributed by atoms with Crippen molar-refractivity contribution in [3.05, 3.63) is 259 Å². The third-order valence-corrected chi connectivity index (χ3v) is 13.3. The van der Waals surface area contributed by atoms with Gasteiger partial charge in [0.25, 0.3) is 0 Å². The van der Waals surface area contributed by atoms with Gasteiger partial charge in [-0.1, -0.05) is 218 Å². The molecule has 0 amide bonds. The number of hydrogen-bond donors (Lipinski definition) is 0. The van der Waals surface area contributed by atoms with Crippen molar-refractivity contribution < 1.29 is 0 Å². The van der Waals surface area contributed by atoms with Crippen LogP contribution in [0.1, 0.15) is 16.7 Å². The van der Waals surface area contributed by atoms with E-state index in [-0.39, 0.29) is 0 Å². The van der Waals surface area contributed by atoms with Gasteiger partial charge in [-0.05, 0) is 147 Å². The molecule has 0 aliphatic carbocycles. The van der Waals surface area contributed by atoms with E-state index >= 15 is 0 Å². The number of hydrogen-bond acceptors (Lipinski definition) is 1. The number of aryl methyl sites for hydroxylation is 1. The summed E-state index contributed by atoms with van der Waals surface area (Å²) in [6, 6.07) is 88.7. The lowest BCUT2D eigenvalue weighted by atomic mass is 9.84. The summed E-state index contributed by atoms with van der Waals surface area (Å²) in [5.74, 6) is 0. The summed E-state index contributed by atoms with van der Waals surface area (Å²) >= 11 is 0. The Labute approximate surface area is 385 Å². The van der Waals surface area contributed by atoms with Gasteiger partial charge in [-0.15, -0.1) is 0 Å². The van der Waals surface area contributed by atoms with Crippen LogP contribution < -0.4 is 4.90 Å². The normalized spacial score (nSPS) is 11.7. The highest BCUT2D eigenvalue weighted by Gasteiger charge is 2.20. The minimum absolute atomic E-state index is 1.12. The van der Waals surface area contributed by atoms with Gasteiger partial charge in [-0.3, -0.25) is 0 Å². The molecule has 12 aromatic rings. The first-order valence-electron chi connectivity index (χ1n) is 22.8. The van der Waals surface area contributed by atoms with Gasteiger partial charge in [-0.25, -0.2) is 0 Å². The van der Waals surface area contributed by atoms with Crippen LogP contribution >= 0.6 is 0 Å². The van der Waals surface area contributed by atoms with Crippen molar-refractivity contribution in [3.63, 3.8) is 0 Å². The van der Waals surface area contributed by atoms with Gasteiger partial charge >= 0.3 is 0 Å². The van der Waals surface area contributed by atoms with Gasteiger partial charge in [0.05, 0.1) is 0 Å². The Balaban J connectivity index is 0.963. The largest absolute Gasteiger partial charge is 0.310 e. The van der Waals surface area contributed by atoms with Gasteiger partial charge in [0, 0.05) is 17.1 Å². The van der Waals surface area contributed by atoms with Crippen LogP contribution in [0.2, 0.25) is 0 Å². The molecule has 12 rings (SSSR count). The molecule has 1 heteroatoms. The van der Waals surface area contributed by atoms with Crippen LogP contribution in [0.25, 0.3) is 99.4 Å². The van der Waals surface area contributed by atoms with E-state index in [1.807, 2.05) is 0 Å². The molecule has 0 saturated heterocycles. The van der Waals surface area contributed by atoms with E-state index in [2.05, 4.69) is 267 Å². The zero-order valence-electron chi connectivity index (χ0n) is 36.7. The molecule has 0 N–H and O–H groups in total. The molecule has 0 bridgehead atoms. The lowest BCUT2D eigenvalue weighted by Gasteiger charge is -2.26. The summed E-state index contributed by atoms with van der Waals surface area (Å²) in [6.07, 6.45) is 4.59. The number of anilines is 3. The van der Waals surface area contributed by atoms with Crippen LogP contribution in [0.3, 0.4) is 0 Å².